The van der Waals surface area contributed by atoms with Crippen molar-refractivity contribution in [1.29, 1.82) is 5.26 Å². The van der Waals surface area contributed by atoms with E-state index in [1.165, 1.54) is 0 Å². The topological polar surface area (TPSA) is 112 Å². The van der Waals surface area contributed by atoms with Gasteiger partial charge in [-0.15, -0.1) is 0 Å². The molecule has 0 amide bonds. The van der Waals surface area contributed by atoms with Crippen LogP contribution in [0, 0.1) is 17.2 Å². The SMILES string of the molecule is CC(C)Oc1ccc(-c2nc(-c3cccc4c3CC3CCN(CC(=O)O)C43)no2)cc1C#N. The van der Waals surface area contributed by atoms with Gasteiger partial charge in [0, 0.05) is 17.2 Å². The number of benzene rings is 2. The molecule has 0 spiro atoms. The number of aliphatic carboxylic acids is 1. The van der Waals surface area contributed by atoms with Crippen LogP contribution in [0.5, 0.6) is 5.75 Å². The highest BCUT2D eigenvalue weighted by Gasteiger charge is 2.42. The predicted molar refractivity (Wildman–Crippen MR) is 119 cm³/mol. The maximum Gasteiger partial charge on any atom is 0.317 e. The number of hydrogen-bond acceptors (Lipinski definition) is 7. The van der Waals surface area contributed by atoms with Gasteiger partial charge >= 0.3 is 5.97 Å². The largest absolute Gasteiger partial charge is 0.490 e. The number of carboxylic acids is 1. The summed E-state index contributed by atoms with van der Waals surface area (Å²) in [4.78, 5) is 18.0. The Hall–Kier alpha value is -3.70. The third kappa shape index (κ3) is 3.85. The van der Waals surface area contributed by atoms with Gasteiger partial charge in [-0.05, 0) is 68.5 Å². The molecular formula is C25H24N4O4. The molecule has 1 N–H and O–H groups in total. The summed E-state index contributed by atoms with van der Waals surface area (Å²) in [5.41, 5.74) is 4.29. The first-order chi connectivity index (χ1) is 15.9. The third-order valence-electron chi connectivity index (χ3n) is 6.34. The summed E-state index contributed by atoms with van der Waals surface area (Å²) in [7, 11) is 0. The van der Waals surface area contributed by atoms with Gasteiger partial charge < -0.3 is 14.4 Å². The number of likely N-dealkylation sites (tertiary alicyclic amines) is 1. The Balaban J connectivity index is 1.46. The van der Waals surface area contributed by atoms with E-state index >= 15 is 0 Å². The minimum Gasteiger partial charge on any atom is -0.490 e. The standard InChI is InChI=1S/C25H24N4O4/c1-14(2)32-21-7-6-16(10-17(21)12-26)25-27-24(28-33-25)19-5-3-4-18-20(19)11-15-8-9-29(23(15)18)13-22(30)31/h3-7,10,14-15,23H,8-9,11,13H2,1-2H3,(H,30,31). The van der Waals surface area contributed by atoms with E-state index in [0.717, 1.165) is 36.1 Å². The normalized spacial score (nSPS) is 19.3. The van der Waals surface area contributed by atoms with Crippen LogP contribution in [0.2, 0.25) is 0 Å². The van der Waals surface area contributed by atoms with Crippen molar-refractivity contribution < 1.29 is 19.2 Å². The van der Waals surface area contributed by atoms with Gasteiger partial charge in [0.2, 0.25) is 5.82 Å². The fourth-order valence-electron chi connectivity index (χ4n) is 5.08. The third-order valence-corrected chi connectivity index (χ3v) is 6.34. The minimum atomic E-state index is -0.801. The zero-order valence-electron chi connectivity index (χ0n) is 18.5. The molecule has 8 heteroatoms. The highest BCUT2D eigenvalue weighted by Crippen LogP contribution is 2.48. The fourth-order valence-corrected chi connectivity index (χ4v) is 5.08. The van der Waals surface area contributed by atoms with E-state index in [4.69, 9.17) is 9.26 Å². The number of ether oxygens (including phenoxy) is 1. The van der Waals surface area contributed by atoms with Crippen molar-refractivity contribution in [2.45, 2.75) is 38.8 Å². The molecule has 2 atom stereocenters. The molecular weight excluding hydrogens is 420 g/mol. The summed E-state index contributed by atoms with van der Waals surface area (Å²) in [5.74, 6) is 0.950. The zero-order valence-corrected chi connectivity index (χ0v) is 18.5. The summed E-state index contributed by atoms with van der Waals surface area (Å²) in [5, 5.41) is 23.0. The average Bonchev–Trinajstić information content (AvgIpc) is 3.49. The van der Waals surface area contributed by atoms with Crippen LogP contribution in [-0.2, 0) is 11.2 Å². The molecule has 0 saturated carbocycles. The van der Waals surface area contributed by atoms with E-state index in [0.29, 0.717) is 34.5 Å². The van der Waals surface area contributed by atoms with Crippen molar-refractivity contribution in [3.8, 4) is 34.7 Å². The molecule has 1 fully saturated rings. The molecule has 2 heterocycles. The number of fused-ring (bicyclic) bond motifs is 3. The molecule has 2 aliphatic rings. The molecule has 1 aromatic heterocycles. The molecule has 33 heavy (non-hydrogen) atoms. The lowest BCUT2D eigenvalue weighted by molar-refractivity contribution is -0.138. The van der Waals surface area contributed by atoms with E-state index in [2.05, 4.69) is 27.2 Å². The van der Waals surface area contributed by atoms with Gasteiger partial charge in [-0.1, -0.05) is 23.4 Å². The summed E-state index contributed by atoms with van der Waals surface area (Å²) in [6, 6.07) is 13.6. The van der Waals surface area contributed by atoms with Crippen molar-refractivity contribution in [2.75, 3.05) is 13.1 Å². The summed E-state index contributed by atoms with van der Waals surface area (Å²) in [6.45, 7) is 4.67. The highest BCUT2D eigenvalue weighted by molar-refractivity contribution is 5.70. The Morgan fingerprint density at radius 1 is 1.36 bits per heavy atom. The van der Waals surface area contributed by atoms with Crippen LogP contribution in [0.25, 0.3) is 22.8 Å². The smallest absolute Gasteiger partial charge is 0.317 e. The van der Waals surface area contributed by atoms with Gasteiger partial charge in [0.05, 0.1) is 18.2 Å². The Morgan fingerprint density at radius 3 is 2.97 bits per heavy atom. The fraction of sp³-hybridized carbons (Fsp3) is 0.360. The minimum absolute atomic E-state index is 0.0379. The molecule has 8 nitrogen and oxygen atoms in total. The number of nitrogens with zero attached hydrogens (tertiary/aromatic N) is 4. The second-order valence-corrected chi connectivity index (χ2v) is 8.85. The van der Waals surface area contributed by atoms with E-state index in [1.54, 1.807) is 18.2 Å². The molecule has 1 aliphatic carbocycles. The zero-order chi connectivity index (χ0) is 23.1. The Labute approximate surface area is 191 Å². The predicted octanol–water partition coefficient (Wildman–Crippen LogP) is 4.07. The van der Waals surface area contributed by atoms with Crippen molar-refractivity contribution >= 4 is 5.97 Å². The van der Waals surface area contributed by atoms with Crippen LogP contribution in [0.3, 0.4) is 0 Å². The number of rotatable bonds is 6. The Bertz CT molecular complexity index is 1260. The number of aromatic nitrogens is 2. The average molecular weight is 444 g/mol. The highest BCUT2D eigenvalue weighted by atomic mass is 16.5. The first-order valence-electron chi connectivity index (χ1n) is 11.1. The molecule has 3 aromatic rings. The lowest BCUT2D eigenvalue weighted by Gasteiger charge is -2.23. The molecule has 2 unspecified atom stereocenters. The quantitative estimate of drug-likeness (QED) is 0.606. The molecule has 168 valence electrons. The van der Waals surface area contributed by atoms with Crippen LogP contribution in [0.4, 0.5) is 0 Å². The maximum atomic E-state index is 11.3. The maximum absolute atomic E-state index is 11.3. The van der Waals surface area contributed by atoms with Crippen molar-refractivity contribution in [1.82, 2.24) is 15.0 Å². The second-order valence-electron chi connectivity index (χ2n) is 8.85. The number of carbonyl (C=O) groups is 1. The lowest BCUT2D eigenvalue weighted by atomic mass is 10.0. The van der Waals surface area contributed by atoms with Gasteiger partial charge in [0.15, 0.2) is 0 Å². The molecule has 1 aliphatic heterocycles. The Morgan fingerprint density at radius 2 is 2.21 bits per heavy atom. The molecule has 0 radical (unpaired) electrons. The van der Waals surface area contributed by atoms with Crippen LogP contribution >= 0.6 is 0 Å². The van der Waals surface area contributed by atoms with E-state index in [9.17, 15) is 15.2 Å². The van der Waals surface area contributed by atoms with Crippen molar-refractivity contribution in [3.63, 3.8) is 0 Å². The van der Waals surface area contributed by atoms with Crippen LogP contribution in [0.1, 0.15) is 43.0 Å². The van der Waals surface area contributed by atoms with Gasteiger partial charge in [-0.3, -0.25) is 9.69 Å². The van der Waals surface area contributed by atoms with Gasteiger partial charge in [0.1, 0.15) is 11.8 Å². The number of nitriles is 1. The lowest BCUT2D eigenvalue weighted by Crippen LogP contribution is -2.29. The molecule has 2 aromatic carbocycles. The van der Waals surface area contributed by atoms with Crippen LogP contribution in [0.15, 0.2) is 40.9 Å². The van der Waals surface area contributed by atoms with Gasteiger partial charge in [0.25, 0.3) is 5.89 Å². The summed E-state index contributed by atoms with van der Waals surface area (Å²) < 4.78 is 11.2. The van der Waals surface area contributed by atoms with Gasteiger partial charge in [-0.25, -0.2) is 0 Å². The summed E-state index contributed by atoms with van der Waals surface area (Å²) in [6.07, 6.45) is 1.81. The second kappa shape index (κ2) is 8.34. The summed E-state index contributed by atoms with van der Waals surface area (Å²) >= 11 is 0. The first-order valence-corrected chi connectivity index (χ1v) is 11.1. The van der Waals surface area contributed by atoms with Crippen molar-refractivity contribution in [2.24, 2.45) is 5.92 Å². The van der Waals surface area contributed by atoms with E-state index in [1.807, 2.05) is 26.0 Å². The number of carboxylic acid groups (broad SMARTS) is 1. The molecule has 0 bridgehead atoms. The first kappa shape index (κ1) is 21.2. The van der Waals surface area contributed by atoms with E-state index < -0.39 is 5.97 Å². The number of hydrogen-bond donors (Lipinski definition) is 1. The molecule has 1 saturated heterocycles. The molecule has 5 rings (SSSR count). The monoisotopic (exact) mass is 444 g/mol. The van der Waals surface area contributed by atoms with Crippen molar-refractivity contribution in [3.05, 3.63) is 53.1 Å². The van der Waals surface area contributed by atoms with Crippen LogP contribution < -0.4 is 4.74 Å². The van der Waals surface area contributed by atoms with Crippen LogP contribution in [-0.4, -0.2) is 45.3 Å². The van der Waals surface area contributed by atoms with E-state index in [-0.39, 0.29) is 18.7 Å². The Kier molecular flexibility index (Phi) is 5.35. The van der Waals surface area contributed by atoms with Gasteiger partial charge in [-0.2, -0.15) is 10.2 Å².